The molecule has 3 aliphatic rings. The highest BCUT2D eigenvalue weighted by Gasteiger charge is 2.48. The van der Waals surface area contributed by atoms with Gasteiger partial charge in [-0.05, 0) is 50.9 Å². The summed E-state index contributed by atoms with van der Waals surface area (Å²) >= 11 is 0. The van der Waals surface area contributed by atoms with Gasteiger partial charge in [0.15, 0.2) is 0 Å². The number of carbonyl (C=O) groups excluding carboxylic acids is 2. The maximum atomic E-state index is 13.4. The van der Waals surface area contributed by atoms with E-state index in [0.29, 0.717) is 32.9 Å². The van der Waals surface area contributed by atoms with Gasteiger partial charge in [0.25, 0.3) is 0 Å². The number of hydrogen-bond donors (Lipinski definition) is 2. The topological polar surface area (TPSA) is 94.5 Å². The predicted molar refractivity (Wildman–Crippen MR) is 86.8 cm³/mol. The molecule has 3 rings (SSSR count). The second-order valence-corrected chi connectivity index (χ2v) is 8.00. The van der Waals surface area contributed by atoms with Crippen LogP contribution in [0.1, 0.15) is 51.9 Å². The van der Waals surface area contributed by atoms with E-state index >= 15 is 0 Å². The number of hydrogen-bond acceptors (Lipinski definition) is 5. The molecular weight excluding hydrogens is 346 g/mol. The summed E-state index contributed by atoms with van der Waals surface area (Å²) in [4.78, 5) is 29.7. The third-order valence-corrected chi connectivity index (χ3v) is 5.29. The normalized spacial score (nSPS) is 24.2. The minimum atomic E-state index is -3.15. The number of carbonyl (C=O) groups is 2. The summed E-state index contributed by atoms with van der Waals surface area (Å²) in [5.74, 6) is -3.94. The lowest BCUT2D eigenvalue weighted by atomic mass is 9.97. The standard InChI is InChI=1S/C17H24F2N4O3/c1-15(18,19)9-12(13(24)22-17(10-20)6-7-17)21-14(25)26-23-8-2-3-16(11-23)4-5-16/h12H,2-9,11H2,1H3,(H,21,25)(H,22,24)/t12-/m0/s1. The lowest BCUT2D eigenvalue weighted by Gasteiger charge is -2.31. The predicted octanol–water partition coefficient (Wildman–Crippen LogP) is 2.09. The van der Waals surface area contributed by atoms with Gasteiger partial charge in [-0.3, -0.25) is 4.79 Å². The smallest absolute Gasteiger partial charge is 0.351 e. The van der Waals surface area contributed by atoms with Crippen molar-refractivity contribution in [2.45, 2.75) is 69.4 Å². The molecule has 2 N–H and O–H groups in total. The monoisotopic (exact) mass is 370 g/mol. The van der Waals surface area contributed by atoms with Crippen molar-refractivity contribution in [1.82, 2.24) is 15.7 Å². The molecule has 1 aliphatic heterocycles. The Labute approximate surface area is 151 Å². The van der Waals surface area contributed by atoms with Crippen molar-refractivity contribution in [3.05, 3.63) is 0 Å². The number of hydroxylamine groups is 2. The average Bonchev–Trinajstić information content (AvgIpc) is 3.45. The van der Waals surface area contributed by atoms with Crippen molar-refractivity contribution in [1.29, 1.82) is 5.26 Å². The molecule has 0 radical (unpaired) electrons. The minimum Gasteiger partial charge on any atom is -0.351 e. The zero-order chi connectivity index (χ0) is 19.0. The fraction of sp³-hybridized carbons (Fsp3) is 0.824. The van der Waals surface area contributed by atoms with Gasteiger partial charge >= 0.3 is 6.09 Å². The van der Waals surface area contributed by atoms with Crippen LogP contribution in [0.25, 0.3) is 0 Å². The maximum Gasteiger partial charge on any atom is 0.426 e. The molecule has 1 atom stereocenters. The minimum absolute atomic E-state index is 0.233. The Morgan fingerprint density at radius 1 is 1.31 bits per heavy atom. The Morgan fingerprint density at radius 3 is 2.54 bits per heavy atom. The highest BCUT2D eigenvalue weighted by molar-refractivity contribution is 5.86. The number of amides is 2. The van der Waals surface area contributed by atoms with E-state index in [9.17, 15) is 18.4 Å². The molecule has 2 aliphatic carbocycles. The summed E-state index contributed by atoms with van der Waals surface area (Å²) in [5.41, 5.74) is -0.758. The van der Waals surface area contributed by atoms with Crippen LogP contribution in [0.4, 0.5) is 13.6 Å². The zero-order valence-electron chi connectivity index (χ0n) is 14.8. The van der Waals surface area contributed by atoms with Crippen molar-refractivity contribution < 1.29 is 23.2 Å². The number of piperidine rings is 1. The molecule has 3 fully saturated rings. The number of halogens is 2. The quantitative estimate of drug-likeness (QED) is 0.747. The lowest BCUT2D eigenvalue weighted by Crippen LogP contribution is -2.53. The van der Waals surface area contributed by atoms with E-state index in [1.807, 2.05) is 6.07 Å². The van der Waals surface area contributed by atoms with Gasteiger partial charge in [0, 0.05) is 19.5 Å². The molecule has 0 bridgehead atoms. The van der Waals surface area contributed by atoms with Crippen molar-refractivity contribution in [2.24, 2.45) is 5.41 Å². The highest BCUT2D eigenvalue weighted by Crippen LogP contribution is 2.52. The van der Waals surface area contributed by atoms with Crippen molar-refractivity contribution in [3.8, 4) is 6.07 Å². The second kappa shape index (κ2) is 6.65. The summed E-state index contributed by atoms with van der Waals surface area (Å²) < 4.78 is 26.9. The molecule has 0 aromatic rings. The largest absolute Gasteiger partial charge is 0.426 e. The fourth-order valence-corrected chi connectivity index (χ4v) is 3.39. The molecule has 1 spiro atoms. The summed E-state index contributed by atoms with van der Waals surface area (Å²) in [7, 11) is 0. The van der Waals surface area contributed by atoms with Gasteiger partial charge in [-0.1, -0.05) is 0 Å². The third kappa shape index (κ3) is 4.81. The van der Waals surface area contributed by atoms with E-state index in [1.54, 1.807) is 5.06 Å². The third-order valence-electron chi connectivity index (χ3n) is 5.29. The van der Waals surface area contributed by atoms with Gasteiger partial charge < -0.3 is 15.5 Å². The SMILES string of the molecule is CC(F)(F)C[C@H](NC(=O)ON1CCCC2(CC2)C1)C(=O)NC1(C#N)CC1. The molecule has 0 aromatic heterocycles. The van der Waals surface area contributed by atoms with Crippen molar-refractivity contribution >= 4 is 12.0 Å². The molecule has 0 aromatic carbocycles. The van der Waals surface area contributed by atoms with Gasteiger partial charge in [-0.25, -0.2) is 13.6 Å². The van der Waals surface area contributed by atoms with E-state index in [0.717, 1.165) is 25.7 Å². The number of nitrogens with one attached hydrogen (secondary N) is 2. The van der Waals surface area contributed by atoms with E-state index in [4.69, 9.17) is 10.1 Å². The lowest BCUT2D eigenvalue weighted by molar-refractivity contribution is -0.134. The fourth-order valence-electron chi connectivity index (χ4n) is 3.39. The Bertz CT molecular complexity index is 620. The van der Waals surface area contributed by atoms with Gasteiger partial charge in [-0.15, -0.1) is 5.06 Å². The Hall–Kier alpha value is -1.95. The first-order valence-electron chi connectivity index (χ1n) is 8.99. The van der Waals surface area contributed by atoms with Crippen LogP contribution in [0.2, 0.25) is 0 Å². The summed E-state index contributed by atoms with van der Waals surface area (Å²) in [6.07, 6.45) is 3.41. The van der Waals surface area contributed by atoms with Crippen LogP contribution in [0, 0.1) is 16.7 Å². The Balaban J connectivity index is 1.56. The first kappa shape index (κ1) is 18.8. The molecular formula is C17H24F2N4O3. The molecule has 1 saturated heterocycles. The Kier molecular flexibility index (Phi) is 4.82. The van der Waals surface area contributed by atoms with Crippen LogP contribution >= 0.6 is 0 Å². The highest BCUT2D eigenvalue weighted by atomic mass is 19.3. The molecule has 7 nitrogen and oxygen atoms in total. The average molecular weight is 370 g/mol. The van der Waals surface area contributed by atoms with Gasteiger partial charge in [0.1, 0.15) is 11.6 Å². The van der Waals surface area contributed by atoms with Crippen LogP contribution in [-0.2, 0) is 9.63 Å². The van der Waals surface area contributed by atoms with E-state index in [1.165, 1.54) is 0 Å². The van der Waals surface area contributed by atoms with E-state index in [2.05, 4.69) is 10.6 Å². The van der Waals surface area contributed by atoms with E-state index in [-0.39, 0.29) is 5.41 Å². The molecule has 26 heavy (non-hydrogen) atoms. The zero-order valence-corrected chi connectivity index (χ0v) is 14.8. The molecule has 2 amide bonds. The van der Waals surface area contributed by atoms with Crippen LogP contribution in [0.5, 0.6) is 0 Å². The molecule has 9 heteroatoms. The van der Waals surface area contributed by atoms with Crippen LogP contribution in [-0.4, -0.2) is 47.7 Å². The molecule has 0 unspecified atom stereocenters. The first-order valence-corrected chi connectivity index (χ1v) is 8.99. The number of nitrogens with zero attached hydrogens (tertiary/aromatic N) is 2. The van der Waals surface area contributed by atoms with Crippen molar-refractivity contribution in [3.63, 3.8) is 0 Å². The number of nitriles is 1. The molecule has 1 heterocycles. The summed E-state index contributed by atoms with van der Waals surface area (Å²) in [5, 5.41) is 15.3. The van der Waals surface area contributed by atoms with Crippen LogP contribution in [0.15, 0.2) is 0 Å². The van der Waals surface area contributed by atoms with Gasteiger partial charge in [-0.2, -0.15) is 5.26 Å². The van der Waals surface area contributed by atoms with Gasteiger partial charge in [0.05, 0.1) is 6.07 Å². The molecule has 144 valence electrons. The van der Waals surface area contributed by atoms with Crippen molar-refractivity contribution in [2.75, 3.05) is 13.1 Å². The number of rotatable bonds is 6. The van der Waals surface area contributed by atoms with Crippen LogP contribution in [0.3, 0.4) is 0 Å². The number of alkyl halides is 2. The van der Waals surface area contributed by atoms with Crippen LogP contribution < -0.4 is 10.6 Å². The second-order valence-electron chi connectivity index (χ2n) is 8.00. The first-order chi connectivity index (χ1) is 12.1. The molecule has 2 saturated carbocycles. The maximum absolute atomic E-state index is 13.4. The summed E-state index contributed by atoms with van der Waals surface area (Å²) in [6, 6.07) is 0.500. The van der Waals surface area contributed by atoms with Gasteiger partial charge in [0.2, 0.25) is 11.8 Å². The summed E-state index contributed by atoms with van der Waals surface area (Å²) in [6.45, 7) is 1.91. The van der Waals surface area contributed by atoms with E-state index < -0.39 is 35.9 Å². The Morgan fingerprint density at radius 2 is 2.00 bits per heavy atom.